The molecule has 2 amide bonds. The number of fused-ring (bicyclic) bond motifs is 2. The van der Waals surface area contributed by atoms with E-state index in [1.807, 2.05) is 55.5 Å². The first kappa shape index (κ1) is 39.9. The molecule has 1 aliphatic rings. The second-order valence-corrected chi connectivity index (χ2v) is 13.1. The highest BCUT2D eigenvalue weighted by Gasteiger charge is 2.25. The van der Waals surface area contributed by atoms with Crippen LogP contribution in [0.15, 0.2) is 48.5 Å². The zero-order chi connectivity index (χ0) is 34.7. The van der Waals surface area contributed by atoms with Crippen molar-refractivity contribution >= 4 is 37.2 Å². The highest BCUT2D eigenvalue weighted by molar-refractivity contribution is 7.47. The Morgan fingerprint density at radius 2 is 1.77 bits per heavy atom. The molecule has 0 spiro atoms. The number of unbranched alkanes of at least 4 members (excludes halogenated alkanes) is 4. The smallest absolute Gasteiger partial charge is 0.396 e. The van der Waals surface area contributed by atoms with Gasteiger partial charge in [-0.05, 0) is 37.3 Å². The molecule has 0 bridgehead atoms. The van der Waals surface area contributed by atoms with Crippen molar-refractivity contribution in [2.45, 2.75) is 78.2 Å². The Morgan fingerprint density at radius 1 is 1.06 bits per heavy atom. The van der Waals surface area contributed by atoms with Gasteiger partial charge in [-0.1, -0.05) is 82.0 Å². The predicted octanol–water partition coefficient (Wildman–Crippen LogP) is 5.15. The number of anilines is 1. The molecule has 1 heterocycles. The van der Waals surface area contributed by atoms with Crippen LogP contribution in [0.1, 0.15) is 88.3 Å². The van der Waals surface area contributed by atoms with E-state index in [9.17, 15) is 14.2 Å². The highest BCUT2D eigenvalue weighted by Crippen LogP contribution is 2.42. The molecule has 1 aliphatic heterocycles. The van der Waals surface area contributed by atoms with Gasteiger partial charge < -0.3 is 31.0 Å². The number of nitrogens with zero attached hydrogens (tertiary/aromatic N) is 2. The minimum atomic E-state index is -3.97. The lowest BCUT2D eigenvalue weighted by Gasteiger charge is -2.31. The molecule has 13 heteroatoms. The topological polar surface area (TPSA) is 181 Å². The summed E-state index contributed by atoms with van der Waals surface area (Å²) in [6.45, 7) is 5.79. The Bertz CT molecular complexity index is 1330. The fourth-order valence-electron chi connectivity index (χ4n) is 5.19. The maximum Gasteiger partial charge on any atom is 0.471 e. The number of benzene rings is 2. The Labute approximate surface area is 279 Å². The summed E-state index contributed by atoms with van der Waals surface area (Å²) in [5.74, 6) is 6.33. The van der Waals surface area contributed by atoms with Gasteiger partial charge in [0.1, 0.15) is 0 Å². The number of nitrogens with one attached hydrogen (secondary N) is 1. The summed E-state index contributed by atoms with van der Waals surface area (Å²) in [6.07, 6.45) is 9.00. The van der Waals surface area contributed by atoms with E-state index in [1.165, 1.54) is 12.8 Å². The summed E-state index contributed by atoms with van der Waals surface area (Å²) in [7, 11) is -2.88. The number of nitrogens with two attached hydrogens (primary N) is 2. The second-order valence-electron chi connectivity index (χ2n) is 11.5. The molecule has 7 N–H and O–H groups in total. The van der Waals surface area contributed by atoms with Gasteiger partial charge in [0.15, 0.2) is 0 Å². The van der Waals surface area contributed by atoms with Crippen molar-refractivity contribution in [1.82, 2.24) is 10.3 Å². The first-order valence-corrected chi connectivity index (χ1v) is 17.9. The SMILES string of the molecule is CCCC(=O)NCCCCC(CO)COP(=O)(O)OC.CCCCCCN(N)/C1=C(\N)c2ccccc2CN(C=O)c2ccccc21. The number of aliphatic hydroxyl groups is 1. The summed E-state index contributed by atoms with van der Waals surface area (Å²) in [5.41, 5.74) is 11.7. The van der Waals surface area contributed by atoms with E-state index < -0.39 is 7.82 Å². The molecule has 0 saturated heterocycles. The minimum absolute atomic E-state index is 0.0275. The number of para-hydroxylation sites is 1. The van der Waals surface area contributed by atoms with Gasteiger partial charge in [0, 0.05) is 50.3 Å². The van der Waals surface area contributed by atoms with Gasteiger partial charge in [-0.3, -0.25) is 18.6 Å². The third-order valence-electron chi connectivity index (χ3n) is 7.84. The predicted molar refractivity (Wildman–Crippen MR) is 186 cm³/mol. The molecule has 2 atom stereocenters. The summed E-state index contributed by atoms with van der Waals surface area (Å²) in [5, 5.41) is 13.7. The van der Waals surface area contributed by atoms with Gasteiger partial charge >= 0.3 is 7.82 Å². The summed E-state index contributed by atoms with van der Waals surface area (Å²) >= 11 is 0. The number of aliphatic hydroxyl groups excluding tert-OH is 1. The van der Waals surface area contributed by atoms with Gasteiger partial charge in [0.25, 0.3) is 0 Å². The number of carbonyl (C=O) groups is 2. The normalized spacial score (nSPS) is 15.9. The molecular formula is C34H54N5O7P. The first-order valence-electron chi connectivity index (χ1n) is 16.4. The van der Waals surface area contributed by atoms with Crippen LogP contribution < -0.4 is 21.8 Å². The molecule has 0 aliphatic carbocycles. The highest BCUT2D eigenvalue weighted by atomic mass is 31.2. The van der Waals surface area contributed by atoms with Crippen molar-refractivity contribution in [3.8, 4) is 0 Å². The van der Waals surface area contributed by atoms with Crippen LogP contribution in [0.25, 0.3) is 11.4 Å². The van der Waals surface area contributed by atoms with Crippen LogP contribution in [0.3, 0.4) is 0 Å². The van der Waals surface area contributed by atoms with Crippen molar-refractivity contribution < 1.29 is 33.2 Å². The zero-order valence-corrected chi connectivity index (χ0v) is 29.0. The summed E-state index contributed by atoms with van der Waals surface area (Å²) in [6, 6.07) is 15.7. The van der Waals surface area contributed by atoms with Gasteiger partial charge in [0.2, 0.25) is 12.3 Å². The molecule has 2 aromatic rings. The maximum absolute atomic E-state index is 11.8. The standard InChI is InChI=1S/C22H28N4O.C12H26NO6P/c1-2-3-4-9-14-26(24)22-19-12-7-8-13-20(19)25(16-27)15-17-10-5-6-11-18(17)21(22)23;1-3-6-12(15)13-8-5-4-7-11(9-14)10-19-20(16,17)18-2/h5-8,10-13,16H,2-4,9,14-15,23-24H2,1H3;11,14H,3-10H2,1-2H3,(H,13,15)(H,16,17)/b22-21-;. The van der Waals surface area contributed by atoms with Crippen molar-refractivity contribution in [2.24, 2.45) is 17.5 Å². The van der Waals surface area contributed by atoms with Crippen LogP contribution in [0.2, 0.25) is 0 Å². The zero-order valence-electron chi connectivity index (χ0n) is 28.1. The van der Waals surface area contributed by atoms with Gasteiger partial charge in [-0.15, -0.1) is 0 Å². The lowest BCUT2D eigenvalue weighted by atomic mass is 9.96. The Morgan fingerprint density at radius 3 is 2.43 bits per heavy atom. The number of amides is 2. The number of carbonyl (C=O) groups excluding carboxylic acids is 2. The van der Waals surface area contributed by atoms with E-state index in [0.717, 1.165) is 73.7 Å². The van der Waals surface area contributed by atoms with E-state index in [-0.39, 0.29) is 25.0 Å². The van der Waals surface area contributed by atoms with Crippen molar-refractivity contribution in [1.29, 1.82) is 0 Å². The van der Waals surface area contributed by atoms with E-state index in [2.05, 4.69) is 16.8 Å². The number of hydrogen-bond donors (Lipinski definition) is 5. The molecule has 2 aromatic carbocycles. The lowest BCUT2D eigenvalue weighted by Crippen LogP contribution is -2.34. The van der Waals surface area contributed by atoms with Crippen molar-refractivity contribution in [3.63, 3.8) is 0 Å². The van der Waals surface area contributed by atoms with E-state index in [0.29, 0.717) is 38.2 Å². The molecule has 47 heavy (non-hydrogen) atoms. The van der Waals surface area contributed by atoms with E-state index >= 15 is 0 Å². The Balaban J connectivity index is 0.000000345. The van der Waals surface area contributed by atoms with Crippen molar-refractivity contribution in [3.05, 3.63) is 65.2 Å². The monoisotopic (exact) mass is 675 g/mol. The average molecular weight is 676 g/mol. The van der Waals surface area contributed by atoms with Crippen LogP contribution in [0, 0.1) is 5.92 Å². The molecule has 0 saturated carbocycles. The lowest BCUT2D eigenvalue weighted by molar-refractivity contribution is -0.121. The fourth-order valence-corrected chi connectivity index (χ4v) is 5.70. The second kappa shape index (κ2) is 21.6. The molecule has 0 aromatic heterocycles. The third kappa shape index (κ3) is 13.4. The van der Waals surface area contributed by atoms with Crippen LogP contribution in [0.5, 0.6) is 0 Å². The van der Waals surface area contributed by atoms with Crippen molar-refractivity contribution in [2.75, 3.05) is 38.3 Å². The molecule has 262 valence electrons. The molecular weight excluding hydrogens is 621 g/mol. The first-order chi connectivity index (χ1) is 22.6. The maximum atomic E-state index is 11.8. The number of phosphoric acid groups is 1. The molecule has 2 unspecified atom stereocenters. The number of phosphoric ester groups is 1. The number of rotatable bonds is 19. The fraction of sp³-hybridized carbons (Fsp3) is 0.529. The summed E-state index contributed by atoms with van der Waals surface area (Å²) < 4.78 is 20.1. The van der Waals surface area contributed by atoms with E-state index in [1.54, 1.807) is 9.91 Å². The molecule has 3 rings (SSSR count). The average Bonchev–Trinajstić information content (AvgIpc) is 3.07. The Hall–Kier alpha value is -3.25. The third-order valence-corrected chi connectivity index (χ3v) is 8.78. The van der Waals surface area contributed by atoms with Gasteiger partial charge in [-0.2, -0.15) is 0 Å². The van der Waals surface area contributed by atoms with Crippen LogP contribution in [-0.4, -0.2) is 60.7 Å². The van der Waals surface area contributed by atoms with Gasteiger partial charge in [0.05, 0.1) is 30.2 Å². The molecule has 0 fully saturated rings. The summed E-state index contributed by atoms with van der Waals surface area (Å²) in [4.78, 5) is 33.8. The van der Waals surface area contributed by atoms with Gasteiger partial charge in [-0.25, -0.2) is 10.4 Å². The van der Waals surface area contributed by atoms with Crippen LogP contribution in [-0.2, 0) is 29.7 Å². The number of hydrogen-bond acceptors (Lipinski definition) is 9. The Kier molecular flexibility index (Phi) is 18.3. The molecule has 12 nitrogen and oxygen atoms in total. The van der Waals surface area contributed by atoms with E-state index in [4.69, 9.17) is 26.1 Å². The largest absolute Gasteiger partial charge is 0.471 e. The van der Waals surface area contributed by atoms with Crippen LogP contribution >= 0.6 is 7.82 Å². The van der Waals surface area contributed by atoms with Crippen LogP contribution in [0.4, 0.5) is 5.69 Å². The minimum Gasteiger partial charge on any atom is -0.396 e. The quantitative estimate of drug-likeness (QED) is 0.0439. The molecule has 0 radical (unpaired) electrons. The number of hydrazine groups is 1.